The van der Waals surface area contributed by atoms with Crippen molar-refractivity contribution in [2.24, 2.45) is 5.73 Å². The number of benzene rings is 1. The Morgan fingerprint density at radius 3 is 2.07 bits per heavy atom. The van der Waals surface area contributed by atoms with Gasteiger partial charge in [-0.25, -0.2) is 0 Å². The number of halogens is 1. The van der Waals surface area contributed by atoms with Crippen LogP contribution in [0.1, 0.15) is 5.56 Å². The molecule has 0 saturated carbocycles. The summed E-state index contributed by atoms with van der Waals surface area (Å²) in [5.41, 5.74) is 6.47. The molecule has 0 bridgehead atoms. The highest BCUT2D eigenvalue weighted by molar-refractivity contribution is 6.30. The summed E-state index contributed by atoms with van der Waals surface area (Å²) in [4.78, 5) is 0. The molecule has 1 rings (SSSR count). The molecule has 14 heavy (non-hydrogen) atoms. The number of rotatable bonds is 4. The van der Waals surface area contributed by atoms with E-state index in [2.05, 4.69) is 0 Å². The first-order valence-corrected chi connectivity index (χ1v) is 4.62. The van der Waals surface area contributed by atoms with E-state index in [1.54, 1.807) is 26.4 Å². The zero-order valence-corrected chi connectivity index (χ0v) is 9.04. The van der Waals surface area contributed by atoms with Gasteiger partial charge in [0.05, 0.1) is 6.54 Å². The van der Waals surface area contributed by atoms with Gasteiger partial charge in [0.25, 0.3) is 0 Å². The van der Waals surface area contributed by atoms with E-state index >= 15 is 0 Å². The van der Waals surface area contributed by atoms with Crippen LogP contribution in [0.2, 0.25) is 5.02 Å². The molecule has 4 heteroatoms. The highest BCUT2D eigenvalue weighted by Crippen LogP contribution is 2.25. The van der Waals surface area contributed by atoms with Crippen LogP contribution in [0, 0.1) is 0 Å². The summed E-state index contributed by atoms with van der Waals surface area (Å²) in [6, 6.07) is 7.23. The van der Waals surface area contributed by atoms with E-state index < -0.39 is 5.79 Å². The van der Waals surface area contributed by atoms with Crippen molar-refractivity contribution in [3.63, 3.8) is 0 Å². The third kappa shape index (κ3) is 2.07. The summed E-state index contributed by atoms with van der Waals surface area (Å²) in [6.45, 7) is 0.252. The number of methoxy groups -OCH3 is 2. The van der Waals surface area contributed by atoms with E-state index in [0.717, 1.165) is 5.56 Å². The SMILES string of the molecule is COC(CN)(OC)c1ccc(Cl)cc1. The lowest BCUT2D eigenvalue weighted by Gasteiger charge is -2.29. The van der Waals surface area contributed by atoms with Crippen molar-refractivity contribution in [3.05, 3.63) is 34.9 Å². The highest BCUT2D eigenvalue weighted by Gasteiger charge is 2.29. The predicted molar refractivity (Wildman–Crippen MR) is 56.2 cm³/mol. The zero-order valence-electron chi connectivity index (χ0n) is 8.29. The lowest BCUT2D eigenvalue weighted by atomic mass is 10.1. The Balaban J connectivity index is 3.05. The highest BCUT2D eigenvalue weighted by atomic mass is 35.5. The molecule has 0 aliphatic heterocycles. The van der Waals surface area contributed by atoms with Crippen molar-refractivity contribution in [2.45, 2.75) is 5.79 Å². The summed E-state index contributed by atoms with van der Waals surface area (Å²) >= 11 is 5.78. The molecule has 0 aromatic heterocycles. The van der Waals surface area contributed by atoms with Gasteiger partial charge in [0, 0.05) is 24.8 Å². The van der Waals surface area contributed by atoms with Crippen LogP contribution in [-0.2, 0) is 15.3 Å². The van der Waals surface area contributed by atoms with Crippen molar-refractivity contribution in [3.8, 4) is 0 Å². The third-order valence-electron chi connectivity index (χ3n) is 2.21. The molecule has 0 unspecified atom stereocenters. The molecule has 0 amide bonds. The Morgan fingerprint density at radius 2 is 1.71 bits per heavy atom. The van der Waals surface area contributed by atoms with Crippen LogP contribution in [-0.4, -0.2) is 20.8 Å². The van der Waals surface area contributed by atoms with Crippen LogP contribution in [0.4, 0.5) is 0 Å². The number of nitrogens with two attached hydrogens (primary N) is 1. The van der Waals surface area contributed by atoms with Gasteiger partial charge in [0.1, 0.15) is 0 Å². The molecule has 0 spiro atoms. The molecular weight excluding hydrogens is 202 g/mol. The quantitative estimate of drug-likeness (QED) is 0.779. The summed E-state index contributed by atoms with van der Waals surface area (Å²) in [5, 5.41) is 0.673. The normalized spacial score (nSPS) is 11.7. The fourth-order valence-electron chi connectivity index (χ4n) is 1.31. The second kappa shape index (κ2) is 4.75. The minimum atomic E-state index is -0.870. The van der Waals surface area contributed by atoms with Gasteiger partial charge in [-0.1, -0.05) is 23.7 Å². The number of hydrogen-bond donors (Lipinski definition) is 1. The van der Waals surface area contributed by atoms with Gasteiger partial charge in [-0.05, 0) is 12.1 Å². The van der Waals surface area contributed by atoms with Crippen molar-refractivity contribution in [1.29, 1.82) is 0 Å². The van der Waals surface area contributed by atoms with Gasteiger partial charge < -0.3 is 15.2 Å². The Hall–Kier alpha value is -0.610. The van der Waals surface area contributed by atoms with Crippen molar-refractivity contribution in [2.75, 3.05) is 20.8 Å². The van der Waals surface area contributed by atoms with Gasteiger partial charge in [0.2, 0.25) is 5.79 Å². The topological polar surface area (TPSA) is 44.5 Å². The molecule has 0 fully saturated rings. The number of ether oxygens (including phenoxy) is 2. The van der Waals surface area contributed by atoms with Crippen LogP contribution in [0.5, 0.6) is 0 Å². The molecule has 1 aromatic carbocycles. The lowest BCUT2D eigenvalue weighted by molar-refractivity contribution is -0.207. The van der Waals surface area contributed by atoms with Crippen LogP contribution in [0.3, 0.4) is 0 Å². The van der Waals surface area contributed by atoms with E-state index in [4.69, 9.17) is 26.8 Å². The summed E-state index contributed by atoms with van der Waals surface area (Å²) in [6.07, 6.45) is 0. The first-order chi connectivity index (χ1) is 6.68. The summed E-state index contributed by atoms with van der Waals surface area (Å²) in [7, 11) is 3.12. The van der Waals surface area contributed by atoms with Crippen molar-refractivity contribution < 1.29 is 9.47 Å². The van der Waals surface area contributed by atoms with Gasteiger partial charge in [-0.2, -0.15) is 0 Å². The maximum Gasteiger partial charge on any atom is 0.207 e. The second-order valence-corrected chi connectivity index (χ2v) is 3.31. The van der Waals surface area contributed by atoms with E-state index in [0.29, 0.717) is 5.02 Å². The molecule has 0 saturated heterocycles. The van der Waals surface area contributed by atoms with E-state index in [9.17, 15) is 0 Å². The largest absolute Gasteiger partial charge is 0.348 e. The smallest absolute Gasteiger partial charge is 0.207 e. The second-order valence-electron chi connectivity index (χ2n) is 2.87. The maximum atomic E-state index is 5.78. The van der Waals surface area contributed by atoms with E-state index in [-0.39, 0.29) is 6.54 Å². The fraction of sp³-hybridized carbons (Fsp3) is 0.400. The van der Waals surface area contributed by atoms with Crippen LogP contribution >= 0.6 is 11.6 Å². The molecule has 2 N–H and O–H groups in total. The van der Waals surface area contributed by atoms with Crippen LogP contribution in [0.25, 0.3) is 0 Å². The molecule has 78 valence electrons. The van der Waals surface area contributed by atoms with Gasteiger partial charge in [-0.3, -0.25) is 0 Å². The van der Waals surface area contributed by atoms with Crippen molar-refractivity contribution >= 4 is 11.6 Å². The zero-order chi connectivity index (χ0) is 10.6. The number of hydrogen-bond acceptors (Lipinski definition) is 3. The molecular formula is C10H14ClNO2. The Bertz CT molecular complexity index is 274. The molecule has 0 aliphatic rings. The molecule has 1 aromatic rings. The van der Waals surface area contributed by atoms with E-state index in [1.807, 2.05) is 12.1 Å². The van der Waals surface area contributed by atoms with Crippen molar-refractivity contribution in [1.82, 2.24) is 0 Å². The van der Waals surface area contributed by atoms with Crippen LogP contribution < -0.4 is 5.73 Å². The maximum absolute atomic E-state index is 5.78. The Morgan fingerprint density at radius 1 is 1.21 bits per heavy atom. The summed E-state index contributed by atoms with van der Waals surface area (Å²) < 4.78 is 10.5. The monoisotopic (exact) mass is 215 g/mol. The first-order valence-electron chi connectivity index (χ1n) is 4.25. The average molecular weight is 216 g/mol. The molecule has 3 nitrogen and oxygen atoms in total. The molecule has 0 atom stereocenters. The van der Waals surface area contributed by atoms with Gasteiger partial charge in [-0.15, -0.1) is 0 Å². The minimum absolute atomic E-state index is 0.252. The molecule has 0 radical (unpaired) electrons. The van der Waals surface area contributed by atoms with Gasteiger partial charge in [0.15, 0.2) is 0 Å². The Kier molecular flexibility index (Phi) is 3.89. The summed E-state index contributed by atoms with van der Waals surface area (Å²) in [5.74, 6) is -0.870. The predicted octanol–water partition coefficient (Wildman–Crippen LogP) is 1.74. The fourth-order valence-corrected chi connectivity index (χ4v) is 1.43. The van der Waals surface area contributed by atoms with E-state index in [1.165, 1.54) is 0 Å². The Labute approximate surface area is 88.8 Å². The molecule has 0 heterocycles. The molecule has 0 aliphatic carbocycles. The van der Waals surface area contributed by atoms with Crippen LogP contribution in [0.15, 0.2) is 24.3 Å². The standard InChI is InChI=1S/C10H14ClNO2/c1-13-10(7-12,14-2)8-3-5-9(11)6-4-8/h3-6H,7,12H2,1-2H3. The third-order valence-corrected chi connectivity index (χ3v) is 2.46. The lowest BCUT2D eigenvalue weighted by Crippen LogP contribution is -2.38. The first kappa shape index (κ1) is 11.5. The minimum Gasteiger partial charge on any atom is -0.348 e. The van der Waals surface area contributed by atoms with Gasteiger partial charge >= 0.3 is 0 Å². The average Bonchev–Trinajstić information content (AvgIpc) is 2.24.